The van der Waals surface area contributed by atoms with Crippen molar-refractivity contribution in [3.63, 3.8) is 0 Å². The zero-order chi connectivity index (χ0) is 14.0. The number of amides is 1. The van der Waals surface area contributed by atoms with Gasteiger partial charge in [0.15, 0.2) is 0 Å². The van der Waals surface area contributed by atoms with Crippen molar-refractivity contribution < 1.29 is 4.79 Å². The third kappa shape index (κ3) is 3.13. The van der Waals surface area contributed by atoms with Crippen molar-refractivity contribution in [1.82, 2.24) is 4.90 Å². The van der Waals surface area contributed by atoms with Crippen LogP contribution in [0.1, 0.15) is 59.3 Å². The Labute approximate surface area is 117 Å². The lowest BCUT2D eigenvalue weighted by Crippen LogP contribution is -2.43. The predicted octanol–water partition coefficient (Wildman–Crippen LogP) is 2.79. The summed E-state index contributed by atoms with van der Waals surface area (Å²) in [7, 11) is 0. The van der Waals surface area contributed by atoms with Crippen molar-refractivity contribution in [3.05, 3.63) is 0 Å². The summed E-state index contributed by atoms with van der Waals surface area (Å²) in [5.41, 5.74) is 5.95. The first-order valence-corrected chi connectivity index (χ1v) is 7.99. The molecule has 0 aromatic carbocycles. The topological polar surface area (TPSA) is 46.3 Å². The van der Waals surface area contributed by atoms with Gasteiger partial charge in [0.25, 0.3) is 0 Å². The molecule has 0 aromatic rings. The van der Waals surface area contributed by atoms with Crippen molar-refractivity contribution in [2.75, 3.05) is 13.1 Å². The number of rotatable bonds is 4. The quantitative estimate of drug-likeness (QED) is 0.850. The molecule has 1 saturated heterocycles. The summed E-state index contributed by atoms with van der Waals surface area (Å²) < 4.78 is 0. The molecule has 2 N–H and O–H groups in total. The van der Waals surface area contributed by atoms with E-state index in [0.29, 0.717) is 17.7 Å². The molecule has 1 amide bonds. The fraction of sp³-hybridized carbons (Fsp3) is 0.938. The Morgan fingerprint density at radius 3 is 2.42 bits per heavy atom. The Hall–Kier alpha value is -0.570. The van der Waals surface area contributed by atoms with E-state index in [-0.39, 0.29) is 11.5 Å². The molecule has 1 aliphatic carbocycles. The zero-order valence-corrected chi connectivity index (χ0v) is 12.8. The number of nitrogens with two attached hydrogens (primary N) is 1. The number of nitrogens with zero attached hydrogens (tertiary/aromatic N) is 1. The van der Waals surface area contributed by atoms with Gasteiger partial charge in [-0.25, -0.2) is 0 Å². The molecule has 2 aliphatic rings. The zero-order valence-electron chi connectivity index (χ0n) is 12.8. The summed E-state index contributed by atoms with van der Waals surface area (Å²) in [6.07, 6.45) is 6.80. The van der Waals surface area contributed by atoms with Crippen molar-refractivity contribution in [1.29, 1.82) is 0 Å². The number of carbonyl (C=O) groups excluding carboxylic acids is 1. The Balaban J connectivity index is 2.04. The van der Waals surface area contributed by atoms with Crippen molar-refractivity contribution >= 4 is 5.91 Å². The van der Waals surface area contributed by atoms with Crippen LogP contribution in [0.2, 0.25) is 0 Å². The third-order valence-electron chi connectivity index (χ3n) is 5.07. The van der Waals surface area contributed by atoms with Gasteiger partial charge in [0.05, 0.1) is 0 Å². The van der Waals surface area contributed by atoms with E-state index in [1.54, 1.807) is 0 Å². The fourth-order valence-corrected chi connectivity index (χ4v) is 4.07. The SMILES string of the molecule is CC(C)CC1(C(=O)N2CCC(C(C)N)C2)CCCC1. The lowest BCUT2D eigenvalue weighted by molar-refractivity contribution is -0.142. The fourth-order valence-electron chi connectivity index (χ4n) is 4.07. The highest BCUT2D eigenvalue weighted by molar-refractivity contribution is 5.83. The highest BCUT2D eigenvalue weighted by Crippen LogP contribution is 2.45. The van der Waals surface area contributed by atoms with Crippen molar-refractivity contribution in [3.8, 4) is 0 Å². The van der Waals surface area contributed by atoms with Gasteiger partial charge in [-0.1, -0.05) is 26.7 Å². The molecule has 2 atom stereocenters. The van der Waals surface area contributed by atoms with Gasteiger partial charge in [-0.15, -0.1) is 0 Å². The minimum Gasteiger partial charge on any atom is -0.342 e. The first-order chi connectivity index (χ1) is 8.94. The van der Waals surface area contributed by atoms with Gasteiger partial charge >= 0.3 is 0 Å². The molecule has 2 rings (SSSR count). The average Bonchev–Trinajstić information content (AvgIpc) is 2.95. The molecular weight excluding hydrogens is 236 g/mol. The van der Waals surface area contributed by atoms with Gasteiger partial charge in [0.2, 0.25) is 5.91 Å². The van der Waals surface area contributed by atoms with Crippen LogP contribution in [-0.2, 0) is 4.79 Å². The van der Waals surface area contributed by atoms with Crippen LogP contribution < -0.4 is 5.73 Å². The van der Waals surface area contributed by atoms with Crippen molar-refractivity contribution in [2.24, 2.45) is 23.0 Å². The first kappa shape index (κ1) is 14.8. The van der Waals surface area contributed by atoms with Crippen LogP contribution in [0.25, 0.3) is 0 Å². The van der Waals surface area contributed by atoms with Crippen LogP contribution in [0.5, 0.6) is 0 Å². The Morgan fingerprint density at radius 2 is 1.95 bits per heavy atom. The lowest BCUT2D eigenvalue weighted by Gasteiger charge is -2.34. The van der Waals surface area contributed by atoms with Gasteiger partial charge in [-0.2, -0.15) is 0 Å². The van der Waals surface area contributed by atoms with Gasteiger partial charge in [0, 0.05) is 24.5 Å². The van der Waals surface area contributed by atoms with E-state index >= 15 is 0 Å². The second kappa shape index (κ2) is 5.82. The lowest BCUT2D eigenvalue weighted by atomic mass is 9.77. The highest BCUT2D eigenvalue weighted by atomic mass is 16.2. The van der Waals surface area contributed by atoms with Crippen LogP contribution in [0, 0.1) is 17.3 Å². The molecule has 1 heterocycles. The second-order valence-corrected chi connectivity index (χ2v) is 7.24. The number of hydrogen-bond donors (Lipinski definition) is 1. The molecule has 0 aromatic heterocycles. The van der Waals surface area contributed by atoms with Crippen LogP contribution in [0.15, 0.2) is 0 Å². The van der Waals surface area contributed by atoms with E-state index < -0.39 is 0 Å². The van der Waals surface area contributed by atoms with E-state index in [2.05, 4.69) is 25.7 Å². The molecule has 0 spiro atoms. The molecule has 3 heteroatoms. The Morgan fingerprint density at radius 1 is 1.32 bits per heavy atom. The maximum Gasteiger partial charge on any atom is 0.228 e. The molecule has 0 radical (unpaired) electrons. The molecule has 3 nitrogen and oxygen atoms in total. The largest absolute Gasteiger partial charge is 0.342 e. The molecule has 1 aliphatic heterocycles. The second-order valence-electron chi connectivity index (χ2n) is 7.24. The summed E-state index contributed by atoms with van der Waals surface area (Å²) in [6.45, 7) is 8.35. The highest BCUT2D eigenvalue weighted by Gasteiger charge is 2.45. The third-order valence-corrected chi connectivity index (χ3v) is 5.07. The smallest absolute Gasteiger partial charge is 0.228 e. The minimum atomic E-state index is -0.0408. The molecule has 1 saturated carbocycles. The van der Waals surface area contributed by atoms with E-state index in [1.807, 2.05) is 0 Å². The summed E-state index contributed by atoms with van der Waals surface area (Å²) in [4.78, 5) is 15.1. The van der Waals surface area contributed by atoms with E-state index in [0.717, 1.165) is 38.8 Å². The Kier molecular flexibility index (Phi) is 4.54. The molecule has 2 fully saturated rings. The van der Waals surface area contributed by atoms with E-state index in [1.165, 1.54) is 12.8 Å². The minimum absolute atomic E-state index is 0.0408. The Bertz CT molecular complexity index is 319. The van der Waals surface area contributed by atoms with Gasteiger partial charge < -0.3 is 10.6 Å². The van der Waals surface area contributed by atoms with Crippen LogP contribution in [0.3, 0.4) is 0 Å². The van der Waals surface area contributed by atoms with Gasteiger partial charge in [-0.3, -0.25) is 4.79 Å². The van der Waals surface area contributed by atoms with Crippen LogP contribution >= 0.6 is 0 Å². The van der Waals surface area contributed by atoms with E-state index in [9.17, 15) is 4.79 Å². The monoisotopic (exact) mass is 266 g/mol. The van der Waals surface area contributed by atoms with E-state index in [4.69, 9.17) is 5.73 Å². The van der Waals surface area contributed by atoms with Crippen LogP contribution in [0.4, 0.5) is 0 Å². The van der Waals surface area contributed by atoms with Gasteiger partial charge in [0.1, 0.15) is 0 Å². The van der Waals surface area contributed by atoms with Crippen molar-refractivity contribution in [2.45, 2.75) is 65.3 Å². The van der Waals surface area contributed by atoms with Gasteiger partial charge in [-0.05, 0) is 44.4 Å². The first-order valence-electron chi connectivity index (χ1n) is 7.99. The average molecular weight is 266 g/mol. The predicted molar refractivity (Wildman–Crippen MR) is 78.7 cm³/mol. The number of hydrogen-bond acceptors (Lipinski definition) is 2. The number of carbonyl (C=O) groups is 1. The normalized spacial score (nSPS) is 28.1. The summed E-state index contributed by atoms with van der Waals surface area (Å²) >= 11 is 0. The maximum absolute atomic E-state index is 13.0. The summed E-state index contributed by atoms with van der Waals surface area (Å²) in [6, 6.07) is 0.211. The molecule has 2 unspecified atom stereocenters. The summed E-state index contributed by atoms with van der Waals surface area (Å²) in [5, 5.41) is 0. The molecule has 0 bridgehead atoms. The number of likely N-dealkylation sites (tertiary alicyclic amines) is 1. The molecule has 19 heavy (non-hydrogen) atoms. The standard InChI is InChI=1S/C16H30N2O/c1-12(2)10-16(7-4-5-8-16)15(19)18-9-6-14(11-18)13(3)17/h12-14H,4-11,17H2,1-3H3. The molecular formula is C16H30N2O. The summed E-state index contributed by atoms with van der Waals surface area (Å²) in [5.74, 6) is 1.54. The maximum atomic E-state index is 13.0. The van der Waals surface area contributed by atoms with Crippen LogP contribution in [-0.4, -0.2) is 29.9 Å². The molecule has 110 valence electrons.